The third-order valence-electron chi connectivity index (χ3n) is 1.16. The molecule has 1 aromatic heterocycles. The lowest BCUT2D eigenvalue weighted by molar-refractivity contribution is -0.141. The Hall–Kier alpha value is -1.86. The molecule has 0 radical (unpaired) electrons. The van der Waals surface area contributed by atoms with Gasteiger partial charge >= 0.3 is 12.3 Å². The van der Waals surface area contributed by atoms with Crippen LogP contribution in [0.5, 0.6) is 0 Å². The number of amides is 1. The molecule has 5 nitrogen and oxygen atoms in total. The molecule has 1 amide bonds. The fraction of sp³-hybridized carbons (Fsp3) is 0.167. The van der Waals surface area contributed by atoms with E-state index in [1.54, 1.807) is 5.32 Å². The molecule has 2 N–H and O–H groups in total. The molecule has 1 heterocycles. The topological polar surface area (TPSA) is 75.1 Å². The largest absolute Gasteiger partial charge is 0.465 e. The van der Waals surface area contributed by atoms with Gasteiger partial charge in [-0.3, -0.25) is 10.3 Å². The average Bonchev–Trinajstić information content (AvgIpc) is 2.01. The zero-order chi connectivity index (χ0) is 10.8. The molecule has 14 heavy (non-hydrogen) atoms. The first kappa shape index (κ1) is 10.2. The van der Waals surface area contributed by atoms with Gasteiger partial charge in [-0.15, -0.1) is 0 Å². The molecule has 0 aromatic carbocycles. The van der Waals surface area contributed by atoms with Crippen LogP contribution in [-0.4, -0.2) is 21.2 Å². The van der Waals surface area contributed by atoms with Crippen molar-refractivity contribution in [3.8, 4) is 0 Å². The Morgan fingerprint density at radius 2 is 2.07 bits per heavy atom. The van der Waals surface area contributed by atoms with Crippen molar-refractivity contribution < 1.29 is 23.1 Å². The van der Waals surface area contributed by atoms with E-state index < -0.39 is 23.8 Å². The monoisotopic (exact) mass is 207 g/mol. The summed E-state index contributed by atoms with van der Waals surface area (Å²) < 4.78 is 36.1. The van der Waals surface area contributed by atoms with Crippen molar-refractivity contribution in [2.45, 2.75) is 6.18 Å². The molecule has 0 bridgehead atoms. The zero-order valence-electron chi connectivity index (χ0n) is 6.54. The van der Waals surface area contributed by atoms with Crippen molar-refractivity contribution in [2.75, 3.05) is 5.32 Å². The third-order valence-corrected chi connectivity index (χ3v) is 1.16. The average molecular weight is 207 g/mol. The molecule has 8 heteroatoms. The number of alkyl halides is 3. The summed E-state index contributed by atoms with van der Waals surface area (Å²) in [6.45, 7) is 0. The highest BCUT2D eigenvalue weighted by molar-refractivity contribution is 5.81. The van der Waals surface area contributed by atoms with E-state index in [9.17, 15) is 18.0 Å². The Bertz CT molecular complexity index is 352. The molecule has 76 valence electrons. The van der Waals surface area contributed by atoms with Crippen LogP contribution in [-0.2, 0) is 6.18 Å². The lowest BCUT2D eigenvalue weighted by Crippen LogP contribution is -2.13. The van der Waals surface area contributed by atoms with Gasteiger partial charge < -0.3 is 5.11 Å². The Morgan fingerprint density at radius 1 is 1.43 bits per heavy atom. The number of nitrogens with one attached hydrogen (secondary N) is 1. The molecule has 0 aliphatic rings. The van der Waals surface area contributed by atoms with E-state index in [1.807, 2.05) is 0 Å². The normalized spacial score (nSPS) is 11.1. The van der Waals surface area contributed by atoms with Crippen LogP contribution in [0.1, 0.15) is 5.69 Å². The number of halogens is 3. The molecule has 0 aliphatic carbocycles. The number of carboxylic acid groups (broad SMARTS) is 1. The second-order valence-corrected chi connectivity index (χ2v) is 2.22. The van der Waals surface area contributed by atoms with Crippen LogP contribution < -0.4 is 5.32 Å². The number of nitrogens with zero attached hydrogens (tertiary/aromatic N) is 2. The fourth-order valence-electron chi connectivity index (χ4n) is 0.672. The maximum absolute atomic E-state index is 12.0. The quantitative estimate of drug-likeness (QED) is 0.733. The fourth-order valence-corrected chi connectivity index (χ4v) is 0.672. The Morgan fingerprint density at radius 3 is 2.57 bits per heavy atom. The minimum atomic E-state index is -4.64. The van der Waals surface area contributed by atoms with Crippen LogP contribution in [0.4, 0.5) is 23.8 Å². The van der Waals surface area contributed by atoms with Crippen molar-refractivity contribution in [1.82, 2.24) is 9.97 Å². The van der Waals surface area contributed by atoms with E-state index in [0.717, 1.165) is 6.20 Å². The minimum Gasteiger partial charge on any atom is -0.465 e. The molecule has 1 rings (SSSR count). The summed E-state index contributed by atoms with van der Waals surface area (Å²) in [5, 5.41) is 9.86. The highest BCUT2D eigenvalue weighted by atomic mass is 19.4. The smallest absolute Gasteiger partial charge is 0.434 e. The Labute approximate surface area is 75.6 Å². The second-order valence-electron chi connectivity index (χ2n) is 2.22. The molecule has 0 spiro atoms. The molecular formula is C6H4F3N3O2. The highest BCUT2D eigenvalue weighted by Gasteiger charge is 2.33. The van der Waals surface area contributed by atoms with Crippen molar-refractivity contribution in [3.05, 3.63) is 18.1 Å². The molecular weight excluding hydrogens is 203 g/mol. The van der Waals surface area contributed by atoms with Gasteiger partial charge in [0.1, 0.15) is 0 Å². The molecule has 0 unspecified atom stereocenters. The number of anilines is 1. The number of hydrogen-bond acceptors (Lipinski definition) is 3. The van der Waals surface area contributed by atoms with Gasteiger partial charge in [0.25, 0.3) is 0 Å². The molecule has 0 fully saturated rings. The number of rotatable bonds is 1. The third kappa shape index (κ3) is 2.57. The van der Waals surface area contributed by atoms with Gasteiger partial charge in [0.05, 0.1) is 12.4 Å². The van der Waals surface area contributed by atoms with E-state index >= 15 is 0 Å². The molecule has 0 saturated carbocycles. The molecule has 1 aromatic rings. The summed E-state index contributed by atoms with van der Waals surface area (Å²) in [5.74, 6) is -0.465. The first-order valence-electron chi connectivity index (χ1n) is 3.29. The Balaban J connectivity index is 2.95. The number of carbonyl (C=O) groups is 1. The Kier molecular flexibility index (Phi) is 2.54. The highest BCUT2D eigenvalue weighted by Crippen LogP contribution is 2.27. The van der Waals surface area contributed by atoms with Crippen LogP contribution in [0, 0.1) is 0 Å². The summed E-state index contributed by atoms with van der Waals surface area (Å²) in [6.07, 6.45) is -4.75. The van der Waals surface area contributed by atoms with Crippen LogP contribution in [0.3, 0.4) is 0 Å². The van der Waals surface area contributed by atoms with Gasteiger partial charge in [-0.25, -0.2) is 9.78 Å². The molecule has 0 atom stereocenters. The van der Waals surface area contributed by atoms with Crippen molar-refractivity contribution in [3.63, 3.8) is 0 Å². The standard InChI is InChI=1S/C6H4F3N3O2/c7-6(8,9)3-1-10-2-4(11-3)12-5(13)14/h1-2H,(H,11,12)(H,13,14). The van der Waals surface area contributed by atoms with Crippen LogP contribution >= 0.6 is 0 Å². The summed E-state index contributed by atoms with van der Waals surface area (Å²) in [7, 11) is 0. The summed E-state index contributed by atoms with van der Waals surface area (Å²) >= 11 is 0. The first-order valence-corrected chi connectivity index (χ1v) is 3.29. The van der Waals surface area contributed by atoms with E-state index in [-0.39, 0.29) is 0 Å². The lowest BCUT2D eigenvalue weighted by Gasteiger charge is -2.05. The first-order chi connectivity index (χ1) is 6.39. The van der Waals surface area contributed by atoms with Gasteiger partial charge in [0.15, 0.2) is 11.5 Å². The maximum atomic E-state index is 12.0. The van der Waals surface area contributed by atoms with Crippen LogP contribution in [0.15, 0.2) is 12.4 Å². The van der Waals surface area contributed by atoms with Crippen molar-refractivity contribution >= 4 is 11.9 Å². The number of aromatic nitrogens is 2. The summed E-state index contributed by atoms with van der Waals surface area (Å²) in [5.41, 5.74) is -1.25. The summed E-state index contributed by atoms with van der Waals surface area (Å²) in [6, 6.07) is 0. The van der Waals surface area contributed by atoms with Gasteiger partial charge in [-0.05, 0) is 0 Å². The van der Waals surface area contributed by atoms with Crippen LogP contribution in [0.25, 0.3) is 0 Å². The maximum Gasteiger partial charge on any atom is 0.434 e. The minimum absolute atomic E-state index is 0.465. The zero-order valence-corrected chi connectivity index (χ0v) is 6.54. The van der Waals surface area contributed by atoms with E-state index in [0.29, 0.717) is 6.20 Å². The second kappa shape index (κ2) is 3.48. The predicted molar refractivity (Wildman–Crippen MR) is 38.7 cm³/mol. The predicted octanol–water partition coefficient (Wildman–Crippen LogP) is 1.59. The lowest BCUT2D eigenvalue weighted by atomic mass is 10.4. The molecule has 0 aliphatic heterocycles. The van der Waals surface area contributed by atoms with Gasteiger partial charge in [0.2, 0.25) is 0 Å². The summed E-state index contributed by atoms with van der Waals surface area (Å²) in [4.78, 5) is 16.3. The van der Waals surface area contributed by atoms with E-state index in [1.165, 1.54) is 0 Å². The number of hydrogen-bond donors (Lipinski definition) is 2. The van der Waals surface area contributed by atoms with Crippen molar-refractivity contribution in [1.29, 1.82) is 0 Å². The van der Waals surface area contributed by atoms with Gasteiger partial charge in [0, 0.05) is 0 Å². The van der Waals surface area contributed by atoms with Crippen molar-refractivity contribution in [2.24, 2.45) is 0 Å². The van der Waals surface area contributed by atoms with Crippen LogP contribution in [0.2, 0.25) is 0 Å². The van der Waals surface area contributed by atoms with Gasteiger partial charge in [-0.1, -0.05) is 0 Å². The van der Waals surface area contributed by atoms with E-state index in [4.69, 9.17) is 5.11 Å². The van der Waals surface area contributed by atoms with E-state index in [2.05, 4.69) is 9.97 Å². The van der Waals surface area contributed by atoms with Gasteiger partial charge in [-0.2, -0.15) is 13.2 Å². The molecule has 0 saturated heterocycles. The SMILES string of the molecule is O=C(O)Nc1cncc(C(F)(F)F)n1.